The largest absolute Gasteiger partial charge is 0.273 e. The van der Waals surface area contributed by atoms with Crippen molar-refractivity contribution in [2.45, 2.75) is 79.1 Å². The first-order valence-corrected chi connectivity index (χ1v) is 12.0. The van der Waals surface area contributed by atoms with Crippen molar-refractivity contribution in [3.8, 4) is 11.1 Å². The molecule has 2 aromatic carbocycles. The number of benzene rings is 2. The zero-order valence-corrected chi connectivity index (χ0v) is 22.5. The minimum Gasteiger partial charge on any atom is -0.273 e. The summed E-state index contributed by atoms with van der Waals surface area (Å²) in [4.78, 5) is 0. The van der Waals surface area contributed by atoms with E-state index >= 15 is 0 Å². The molecule has 0 aromatic heterocycles. The van der Waals surface area contributed by atoms with Gasteiger partial charge in [-0.2, -0.15) is 35.4 Å². The van der Waals surface area contributed by atoms with Gasteiger partial charge in [0.05, 0.1) is 0 Å². The summed E-state index contributed by atoms with van der Waals surface area (Å²) in [5, 5.41) is 0. The van der Waals surface area contributed by atoms with Crippen molar-refractivity contribution in [2.75, 3.05) is 0 Å². The van der Waals surface area contributed by atoms with Gasteiger partial charge in [0.15, 0.2) is 0 Å². The quantitative estimate of drug-likeness (QED) is 0.292. The van der Waals surface area contributed by atoms with Crippen LogP contribution in [0.3, 0.4) is 0 Å². The zero-order chi connectivity index (χ0) is 22.5. The molecule has 0 N–H and O–H groups in total. The minimum atomic E-state index is 0.177. The number of fused-ring (bicyclic) bond motifs is 3. The number of hydrogen-bond donors (Lipinski definition) is 0. The first kappa shape index (κ1) is 24.9. The molecule has 0 spiro atoms. The van der Waals surface area contributed by atoms with Gasteiger partial charge in [-0.3, -0.25) is 6.08 Å². The van der Waals surface area contributed by atoms with Crippen molar-refractivity contribution in [1.29, 1.82) is 0 Å². The Morgan fingerprint density at radius 2 is 1.50 bits per heavy atom. The van der Waals surface area contributed by atoms with E-state index in [4.69, 9.17) is 0 Å². The summed E-state index contributed by atoms with van der Waals surface area (Å²) in [6.45, 7) is 17.9. The van der Waals surface area contributed by atoms with Crippen LogP contribution in [0.25, 0.3) is 11.1 Å². The summed E-state index contributed by atoms with van der Waals surface area (Å²) in [6, 6.07) is 15.1. The summed E-state index contributed by atoms with van der Waals surface area (Å²) in [6.07, 6.45) is 11.0. The zero-order valence-electron chi connectivity index (χ0n) is 20.0. The van der Waals surface area contributed by atoms with E-state index in [2.05, 4.69) is 104 Å². The van der Waals surface area contributed by atoms with Crippen LogP contribution in [0.5, 0.6) is 0 Å². The van der Waals surface area contributed by atoms with E-state index in [9.17, 15) is 0 Å². The van der Waals surface area contributed by atoms with Gasteiger partial charge in [0.1, 0.15) is 0 Å². The van der Waals surface area contributed by atoms with Crippen LogP contribution in [0.1, 0.15) is 84.1 Å². The van der Waals surface area contributed by atoms with Crippen molar-refractivity contribution < 1.29 is 24.2 Å². The van der Waals surface area contributed by atoms with Crippen LogP contribution < -0.4 is 0 Å². The number of allylic oxidation sites excluding steroid dienone is 4. The molecule has 0 heterocycles. The van der Waals surface area contributed by atoms with E-state index in [1.165, 1.54) is 36.6 Å². The normalized spacial score (nSPS) is 13.7. The molecule has 0 fully saturated rings. The fourth-order valence-electron chi connectivity index (χ4n) is 3.32. The average molecular weight is 476 g/mol. The van der Waals surface area contributed by atoms with Crippen LogP contribution in [0, 0.1) is 12.1 Å². The molecule has 4 rings (SSSR count). The maximum atomic E-state index is 3.53. The molecule has 0 saturated heterocycles. The van der Waals surface area contributed by atoms with Gasteiger partial charge in [0, 0.05) is 0 Å². The maximum Gasteiger partial charge on any atom is -0.109 e. The van der Waals surface area contributed by atoms with Crippen LogP contribution in [0.4, 0.5) is 0 Å². The van der Waals surface area contributed by atoms with Crippen molar-refractivity contribution in [2.24, 2.45) is 0 Å². The standard InChI is InChI=1S/C21H25.C5H5.C3H6.Zr/c1-20(2,3)16-9-7-14-11-15-8-10-17(21(4,5)6)13-19(15)18(14)12-16;1-2-4-5-3-1;1-3-2;/h7,9-10,12-13H,11H2,1-6H3;1-3H,4H2;1-2H3;/q2*-1;;+2. The van der Waals surface area contributed by atoms with Gasteiger partial charge in [-0.1, -0.05) is 76.3 Å². The van der Waals surface area contributed by atoms with E-state index < -0.39 is 0 Å². The smallest absolute Gasteiger partial charge is 0.109 e. The molecule has 156 valence electrons. The van der Waals surface area contributed by atoms with Crippen LogP contribution in [0.15, 0.2) is 48.6 Å². The first-order valence-electron chi connectivity index (χ1n) is 10.8. The molecule has 0 nitrogen and oxygen atoms in total. The van der Waals surface area contributed by atoms with E-state index in [1.54, 1.807) is 24.2 Å². The Hall–Kier alpha value is -1.33. The predicted molar refractivity (Wildman–Crippen MR) is 129 cm³/mol. The topological polar surface area (TPSA) is 0 Å². The van der Waals surface area contributed by atoms with Crippen LogP contribution in [-0.4, -0.2) is 3.21 Å². The average Bonchev–Trinajstić information content (AvgIpc) is 3.30. The number of hydrogen-bond acceptors (Lipinski definition) is 0. The third kappa shape index (κ3) is 7.13. The van der Waals surface area contributed by atoms with Gasteiger partial charge >= 0.3 is 41.3 Å². The fraction of sp³-hybridized carbons (Fsp3) is 0.414. The Labute approximate surface area is 199 Å². The van der Waals surface area contributed by atoms with Gasteiger partial charge in [-0.05, 0) is 17.4 Å². The second-order valence-electron chi connectivity index (χ2n) is 10.3. The molecule has 0 amide bonds. The van der Waals surface area contributed by atoms with Gasteiger partial charge in [0.25, 0.3) is 0 Å². The fourth-order valence-corrected chi connectivity index (χ4v) is 3.32. The van der Waals surface area contributed by atoms with Gasteiger partial charge in [-0.25, -0.2) is 12.2 Å². The molecular formula is C29H36Zr. The Morgan fingerprint density at radius 3 is 1.97 bits per heavy atom. The molecule has 2 aliphatic rings. The van der Waals surface area contributed by atoms with Gasteiger partial charge in [0.2, 0.25) is 0 Å². The molecule has 0 saturated carbocycles. The molecular weight excluding hydrogens is 440 g/mol. The van der Waals surface area contributed by atoms with Crippen LogP contribution >= 0.6 is 0 Å². The number of rotatable bonds is 0. The van der Waals surface area contributed by atoms with E-state index in [0.717, 1.165) is 12.8 Å². The summed E-state index contributed by atoms with van der Waals surface area (Å²) < 4.78 is 1.51. The van der Waals surface area contributed by atoms with Crippen molar-refractivity contribution >= 4 is 3.21 Å². The molecule has 30 heavy (non-hydrogen) atoms. The Kier molecular flexibility index (Phi) is 8.58. The van der Waals surface area contributed by atoms with Crippen LogP contribution in [-0.2, 0) is 41.5 Å². The third-order valence-electron chi connectivity index (χ3n) is 5.11. The van der Waals surface area contributed by atoms with E-state index in [0.29, 0.717) is 0 Å². The Morgan fingerprint density at radius 1 is 0.900 bits per heavy atom. The summed E-state index contributed by atoms with van der Waals surface area (Å²) >= 11 is 1.55. The molecule has 2 aromatic rings. The first-order chi connectivity index (χ1) is 13.9. The molecule has 0 bridgehead atoms. The molecule has 0 unspecified atom stereocenters. The van der Waals surface area contributed by atoms with E-state index in [1.807, 2.05) is 12.2 Å². The van der Waals surface area contributed by atoms with Crippen LogP contribution in [0.2, 0.25) is 0 Å². The summed E-state index contributed by atoms with van der Waals surface area (Å²) in [5.74, 6) is 0. The van der Waals surface area contributed by atoms with Crippen molar-refractivity contribution in [1.82, 2.24) is 0 Å². The summed E-state index contributed by atoms with van der Waals surface area (Å²) in [5.41, 5.74) is 8.76. The second kappa shape index (κ2) is 10.3. The summed E-state index contributed by atoms with van der Waals surface area (Å²) in [7, 11) is 0. The SMILES string of the molecule is CC(C)(C)c1c[c-]c2c(c1)-c1cc(C(C)(C)C)ccc1C2.C[C](C)=[Zr+2].[C-]1=CC=CC1. The molecule has 0 radical (unpaired) electrons. The second-order valence-corrected chi connectivity index (χ2v) is 12.8. The third-order valence-corrected chi connectivity index (χ3v) is 5.11. The van der Waals surface area contributed by atoms with Crippen molar-refractivity contribution in [3.05, 3.63) is 83.0 Å². The van der Waals surface area contributed by atoms with Gasteiger partial charge < -0.3 is 0 Å². The molecule has 1 heteroatoms. The van der Waals surface area contributed by atoms with Gasteiger partial charge in [-0.15, -0.1) is 12.0 Å². The van der Waals surface area contributed by atoms with E-state index in [-0.39, 0.29) is 10.8 Å². The predicted octanol–water partition coefficient (Wildman–Crippen LogP) is 7.70. The van der Waals surface area contributed by atoms with Crippen molar-refractivity contribution in [3.63, 3.8) is 0 Å². The Balaban J connectivity index is 0.000000297. The Bertz CT molecular complexity index is 868. The molecule has 0 atom stereocenters. The molecule has 0 aliphatic heterocycles. The maximum absolute atomic E-state index is 3.53. The minimum absolute atomic E-state index is 0.177. The monoisotopic (exact) mass is 474 g/mol. The molecule has 2 aliphatic carbocycles.